The number of likely N-dealkylation sites (tertiary alicyclic amines) is 1. The van der Waals surface area contributed by atoms with E-state index in [0.29, 0.717) is 48.3 Å². The standard InChI is InChI=1S/C24H21F3N2O3/c25-24(26,27)23(31)19-5-2-1-4-17(19)22-18(15-7-8-28-14-15)12-16(13-20(22)23)32-11-10-29-9-3-6-21(29)30/h1-2,4-5,7,12-14,31H,3,6,8-11H2. The minimum absolute atomic E-state index is 0.0532. The van der Waals surface area contributed by atoms with Crippen LogP contribution in [0.3, 0.4) is 0 Å². The maximum atomic E-state index is 14.3. The summed E-state index contributed by atoms with van der Waals surface area (Å²) < 4.78 is 48.6. The van der Waals surface area contributed by atoms with Crippen molar-refractivity contribution in [1.82, 2.24) is 4.90 Å². The largest absolute Gasteiger partial charge is 0.492 e. The predicted molar refractivity (Wildman–Crippen MR) is 114 cm³/mol. The molecule has 2 aromatic rings. The molecule has 0 spiro atoms. The number of benzene rings is 2. The van der Waals surface area contributed by atoms with E-state index in [1.807, 2.05) is 6.08 Å². The highest BCUT2D eigenvalue weighted by Crippen LogP contribution is 2.57. The van der Waals surface area contributed by atoms with Gasteiger partial charge in [-0.1, -0.05) is 30.3 Å². The van der Waals surface area contributed by atoms with Gasteiger partial charge >= 0.3 is 6.18 Å². The monoisotopic (exact) mass is 442 g/mol. The number of hydrogen-bond donors (Lipinski definition) is 1. The highest BCUT2D eigenvalue weighted by atomic mass is 19.4. The first kappa shape index (κ1) is 20.8. The molecule has 32 heavy (non-hydrogen) atoms. The Morgan fingerprint density at radius 1 is 1.16 bits per heavy atom. The molecule has 2 heterocycles. The van der Waals surface area contributed by atoms with Crippen LogP contribution in [-0.2, 0) is 10.4 Å². The first-order valence-electron chi connectivity index (χ1n) is 10.5. The van der Waals surface area contributed by atoms with Gasteiger partial charge in [0.2, 0.25) is 11.5 Å². The Labute approximate surface area is 182 Å². The van der Waals surface area contributed by atoms with Crippen molar-refractivity contribution < 1.29 is 27.8 Å². The van der Waals surface area contributed by atoms with Crippen LogP contribution in [0.4, 0.5) is 13.2 Å². The Morgan fingerprint density at radius 2 is 1.97 bits per heavy atom. The van der Waals surface area contributed by atoms with Gasteiger partial charge in [0, 0.05) is 30.3 Å². The van der Waals surface area contributed by atoms with Crippen LogP contribution in [0.2, 0.25) is 0 Å². The number of ether oxygens (including phenoxy) is 1. The summed E-state index contributed by atoms with van der Waals surface area (Å²) in [4.78, 5) is 17.7. The smallest absolute Gasteiger partial charge is 0.425 e. The molecule has 3 aliphatic rings. The summed E-state index contributed by atoms with van der Waals surface area (Å²) in [6.07, 6.45) is -0.171. The molecule has 1 unspecified atom stereocenters. The lowest BCUT2D eigenvalue weighted by Gasteiger charge is -2.29. The third kappa shape index (κ3) is 3.12. The van der Waals surface area contributed by atoms with Gasteiger partial charge in [0.1, 0.15) is 12.4 Å². The average molecular weight is 442 g/mol. The molecule has 5 nitrogen and oxygen atoms in total. The van der Waals surface area contributed by atoms with E-state index in [2.05, 4.69) is 4.99 Å². The fourth-order valence-electron chi connectivity index (χ4n) is 4.72. The van der Waals surface area contributed by atoms with E-state index in [1.165, 1.54) is 18.2 Å². The molecule has 5 rings (SSSR count). The number of carbonyl (C=O) groups excluding carboxylic acids is 1. The quantitative estimate of drug-likeness (QED) is 0.763. The lowest BCUT2D eigenvalue weighted by Crippen LogP contribution is -2.41. The minimum atomic E-state index is -4.93. The van der Waals surface area contributed by atoms with Crippen molar-refractivity contribution in [2.45, 2.75) is 24.6 Å². The van der Waals surface area contributed by atoms with Gasteiger partial charge in [0.25, 0.3) is 0 Å². The summed E-state index contributed by atoms with van der Waals surface area (Å²) in [6, 6.07) is 9.00. The molecule has 1 aliphatic carbocycles. The van der Waals surface area contributed by atoms with Gasteiger partial charge in [-0.15, -0.1) is 0 Å². The zero-order valence-electron chi connectivity index (χ0n) is 17.2. The highest BCUT2D eigenvalue weighted by Gasteiger charge is 2.61. The summed E-state index contributed by atoms with van der Waals surface area (Å²) in [5, 5.41) is 11.1. The lowest BCUT2D eigenvalue weighted by atomic mass is 9.89. The summed E-state index contributed by atoms with van der Waals surface area (Å²) in [5.41, 5.74) is -1.70. The Hall–Kier alpha value is -3.13. The van der Waals surface area contributed by atoms with Crippen molar-refractivity contribution in [3.8, 4) is 16.9 Å². The molecule has 1 atom stereocenters. The molecular formula is C24H21F3N2O3. The number of aliphatic imine (C=N–C) groups is 1. The van der Waals surface area contributed by atoms with E-state index in [4.69, 9.17) is 4.74 Å². The maximum absolute atomic E-state index is 14.3. The normalized spacial score (nSPS) is 21.7. The summed E-state index contributed by atoms with van der Waals surface area (Å²) in [6.45, 7) is 1.61. The maximum Gasteiger partial charge on any atom is 0.425 e. The molecule has 2 aromatic carbocycles. The van der Waals surface area contributed by atoms with Gasteiger partial charge in [-0.3, -0.25) is 9.79 Å². The molecule has 2 aliphatic heterocycles. The van der Waals surface area contributed by atoms with E-state index < -0.39 is 11.8 Å². The van der Waals surface area contributed by atoms with Crippen molar-refractivity contribution in [3.63, 3.8) is 0 Å². The fraction of sp³-hybridized carbons (Fsp3) is 0.333. The second-order valence-electron chi connectivity index (χ2n) is 8.13. The molecule has 1 fully saturated rings. The van der Waals surface area contributed by atoms with Crippen LogP contribution >= 0.6 is 0 Å². The number of hydrogen-bond acceptors (Lipinski definition) is 4. The fourth-order valence-corrected chi connectivity index (χ4v) is 4.72. The van der Waals surface area contributed by atoms with E-state index in [-0.39, 0.29) is 29.4 Å². The van der Waals surface area contributed by atoms with Crippen LogP contribution in [0, 0.1) is 0 Å². The molecule has 1 saturated heterocycles. The molecule has 1 amide bonds. The first-order valence-corrected chi connectivity index (χ1v) is 10.5. The molecule has 1 N–H and O–H groups in total. The minimum Gasteiger partial charge on any atom is -0.492 e. The van der Waals surface area contributed by atoms with E-state index >= 15 is 0 Å². The van der Waals surface area contributed by atoms with Crippen LogP contribution in [-0.4, -0.2) is 54.5 Å². The van der Waals surface area contributed by atoms with Crippen LogP contribution in [0.1, 0.15) is 29.5 Å². The lowest BCUT2D eigenvalue weighted by molar-refractivity contribution is -0.246. The van der Waals surface area contributed by atoms with Crippen molar-refractivity contribution in [2.75, 3.05) is 26.2 Å². The summed E-state index contributed by atoms with van der Waals surface area (Å²) in [7, 11) is 0. The van der Waals surface area contributed by atoms with E-state index in [0.717, 1.165) is 6.42 Å². The highest BCUT2D eigenvalue weighted by molar-refractivity contribution is 6.14. The number of alkyl halides is 3. The van der Waals surface area contributed by atoms with E-state index in [9.17, 15) is 23.1 Å². The molecular weight excluding hydrogens is 421 g/mol. The average Bonchev–Trinajstić information content (AvgIpc) is 3.48. The first-order chi connectivity index (χ1) is 15.3. The number of halogens is 3. The van der Waals surface area contributed by atoms with Gasteiger partial charge in [-0.05, 0) is 40.8 Å². The van der Waals surface area contributed by atoms with E-state index in [1.54, 1.807) is 29.3 Å². The molecule has 0 bridgehead atoms. The number of carbonyl (C=O) groups is 1. The number of aliphatic hydroxyl groups is 1. The third-order valence-corrected chi connectivity index (χ3v) is 6.26. The predicted octanol–water partition coefficient (Wildman–Crippen LogP) is 3.93. The summed E-state index contributed by atoms with van der Waals surface area (Å²) >= 11 is 0. The van der Waals surface area contributed by atoms with Crippen molar-refractivity contribution >= 4 is 17.7 Å². The summed E-state index contributed by atoms with van der Waals surface area (Å²) in [5.74, 6) is 0.263. The second kappa shape index (κ2) is 7.48. The van der Waals surface area contributed by atoms with Gasteiger partial charge in [0.15, 0.2) is 0 Å². The van der Waals surface area contributed by atoms with Gasteiger partial charge in [-0.2, -0.15) is 13.2 Å². The molecule has 8 heteroatoms. The molecule has 0 radical (unpaired) electrons. The topological polar surface area (TPSA) is 62.1 Å². The number of allylic oxidation sites excluding steroid dienone is 1. The number of fused-ring (bicyclic) bond motifs is 3. The van der Waals surface area contributed by atoms with Crippen LogP contribution < -0.4 is 4.74 Å². The SMILES string of the molecule is O=C1CCCN1CCOc1cc(C2=CCN=C2)c2c(c1)C(O)(C(F)(F)F)c1ccccc1-2. The van der Waals surface area contributed by atoms with Gasteiger partial charge < -0.3 is 14.7 Å². The second-order valence-corrected chi connectivity index (χ2v) is 8.13. The number of rotatable bonds is 5. The van der Waals surface area contributed by atoms with Gasteiger partial charge in [-0.25, -0.2) is 0 Å². The Balaban J connectivity index is 1.60. The molecule has 0 aromatic heterocycles. The molecule has 166 valence electrons. The van der Waals surface area contributed by atoms with Crippen molar-refractivity contribution in [2.24, 2.45) is 4.99 Å². The Bertz CT molecular complexity index is 1160. The molecule has 0 saturated carbocycles. The number of nitrogens with zero attached hydrogens (tertiary/aromatic N) is 2. The third-order valence-electron chi connectivity index (χ3n) is 6.26. The van der Waals surface area contributed by atoms with Crippen molar-refractivity contribution in [3.05, 3.63) is 59.2 Å². The zero-order valence-corrected chi connectivity index (χ0v) is 17.2. The van der Waals surface area contributed by atoms with Crippen molar-refractivity contribution in [1.29, 1.82) is 0 Å². The van der Waals surface area contributed by atoms with Gasteiger partial charge in [0.05, 0.1) is 13.1 Å². The van der Waals surface area contributed by atoms with Crippen LogP contribution in [0.25, 0.3) is 16.7 Å². The Morgan fingerprint density at radius 3 is 2.66 bits per heavy atom. The number of amides is 1. The van der Waals surface area contributed by atoms with Crippen LogP contribution in [0.5, 0.6) is 5.75 Å². The Kier molecular flexibility index (Phi) is 4.85. The zero-order chi connectivity index (χ0) is 22.5. The van der Waals surface area contributed by atoms with Crippen LogP contribution in [0.15, 0.2) is 47.5 Å².